The molecule has 1 unspecified atom stereocenters. The highest BCUT2D eigenvalue weighted by Gasteiger charge is 2.04. The molecule has 0 spiro atoms. The fraction of sp³-hybridized carbons (Fsp3) is 1.00. The van der Waals surface area contributed by atoms with Gasteiger partial charge in [0.05, 0.1) is 12.7 Å². The molecule has 0 saturated heterocycles. The third-order valence-electron chi connectivity index (χ3n) is 2.27. The topological polar surface area (TPSA) is 32.7 Å². The van der Waals surface area contributed by atoms with Crippen LogP contribution in [0.5, 0.6) is 0 Å². The fourth-order valence-corrected chi connectivity index (χ4v) is 2.18. The summed E-state index contributed by atoms with van der Waals surface area (Å²) in [4.78, 5) is 2.39. The number of aliphatic hydroxyl groups excluding tert-OH is 1. The van der Waals surface area contributed by atoms with Crippen molar-refractivity contribution < 1.29 is 9.84 Å². The molecular weight excluding hydrogens is 210 g/mol. The SMILES string of the molecule is CCOCC(O)CSCCN(CC)CC. The van der Waals surface area contributed by atoms with Gasteiger partial charge in [0, 0.05) is 24.7 Å². The van der Waals surface area contributed by atoms with Crippen molar-refractivity contribution in [2.75, 3.05) is 44.4 Å². The van der Waals surface area contributed by atoms with Gasteiger partial charge in [0.15, 0.2) is 0 Å². The molecule has 0 fully saturated rings. The molecule has 0 heterocycles. The Balaban J connectivity index is 3.29. The molecule has 0 aromatic heterocycles. The van der Waals surface area contributed by atoms with E-state index in [2.05, 4.69) is 18.7 Å². The van der Waals surface area contributed by atoms with Crippen LogP contribution in [0, 0.1) is 0 Å². The lowest BCUT2D eigenvalue weighted by Crippen LogP contribution is -2.26. The smallest absolute Gasteiger partial charge is 0.0863 e. The molecule has 4 heteroatoms. The second kappa shape index (κ2) is 10.7. The highest BCUT2D eigenvalue weighted by atomic mass is 32.2. The minimum atomic E-state index is -0.313. The van der Waals surface area contributed by atoms with Crippen molar-refractivity contribution in [2.24, 2.45) is 0 Å². The minimum Gasteiger partial charge on any atom is -0.390 e. The summed E-state index contributed by atoms with van der Waals surface area (Å²) in [5, 5.41) is 9.50. The van der Waals surface area contributed by atoms with Crippen molar-refractivity contribution in [3.8, 4) is 0 Å². The van der Waals surface area contributed by atoms with E-state index in [0.717, 1.165) is 31.1 Å². The maximum Gasteiger partial charge on any atom is 0.0863 e. The molecule has 0 bridgehead atoms. The van der Waals surface area contributed by atoms with E-state index in [-0.39, 0.29) is 6.10 Å². The van der Waals surface area contributed by atoms with Crippen molar-refractivity contribution in [3.05, 3.63) is 0 Å². The monoisotopic (exact) mass is 235 g/mol. The van der Waals surface area contributed by atoms with Crippen LogP contribution in [0.1, 0.15) is 20.8 Å². The molecule has 3 nitrogen and oxygen atoms in total. The first-order valence-electron chi connectivity index (χ1n) is 5.80. The summed E-state index contributed by atoms with van der Waals surface area (Å²) >= 11 is 1.80. The van der Waals surface area contributed by atoms with Crippen LogP contribution in [-0.4, -0.2) is 60.5 Å². The minimum absolute atomic E-state index is 0.313. The van der Waals surface area contributed by atoms with Crippen LogP contribution in [0.2, 0.25) is 0 Å². The summed E-state index contributed by atoms with van der Waals surface area (Å²) in [6, 6.07) is 0. The summed E-state index contributed by atoms with van der Waals surface area (Å²) < 4.78 is 5.14. The van der Waals surface area contributed by atoms with Crippen LogP contribution in [0.25, 0.3) is 0 Å². The highest BCUT2D eigenvalue weighted by molar-refractivity contribution is 7.99. The molecule has 0 saturated carbocycles. The Labute approximate surface area is 98.2 Å². The van der Waals surface area contributed by atoms with E-state index in [1.807, 2.05) is 6.92 Å². The number of nitrogens with zero attached hydrogens (tertiary/aromatic N) is 1. The summed E-state index contributed by atoms with van der Waals surface area (Å²) in [6.07, 6.45) is -0.313. The van der Waals surface area contributed by atoms with Gasteiger partial charge >= 0.3 is 0 Å². The van der Waals surface area contributed by atoms with Crippen LogP contribution in [0.3, 0.4) is 0 Å². The molecule has 1 N–H and O–H groups in total. The number of hydrogen-bond donors (Lipinski definition) is 1. The zero-order chi connectivity index (χ0) is 11.5. The quantitative estimate of drug-likeness (QED) is 0.581. The van der Waals surface area contributed by atoms with Crippen molar-refractivity contribution >= 4 is 11.8 Å². The van der Waals surface area contributed by atoms with Crippen LogP contribution < -0.4 is 0 Å². The Bertz CT molecular complexity index is 132. The van der Waals surface area contributed by atoms with E-state index in [1.54, 1.807) is 11.8 Å². The summed E-state index contributed by atoms with van der Waals surface area (Å²) in [6.45, 7) is 10.8. The van der Waals surface area contributed by atoms with E-state index < -0.39 is 0 Å². The number of thioether (sulfide) groups is 1. The van der Waals surface area contributed by atoms with Gasteiger partial charge in [-0.1, -0.05) is 13.8 Å². The molecule has 92 valence electrons. The third kappa shape index (κ3) is 9.18. The van der Waals surface area contributed by atoms with Gasteiger partial charge in [0.2, 0.25) is 0 Å². The Kier molecular flexibility index (Phi) is 10.9. The number of rotatable bonds is 10. The van der Waals surface area contributed by atoms with Crippen molar-refractivity contribution in [1.29, 1.82) is 0 Å². The second-order valence-electron chi connectivity index (χ2n) is 3.42. The van der Waals surface area contributed by atoms with Crippen molar-refractivity contribution in [3.63, 3.8) is 0 Å². The molecule has 0 radical (unpaired) electrons. The van der Waals surface area contributed by atoms with Gasteiger partial charge in [-0.15, -0.1) is 0 Å². The van der Waals surface area contributed by atoms with Crippen LogP contribution in [-0.2, 0) is 4.74 Å². The lowest BCUT2D eigenvalue weighted by molar-refractivity contribution is 0.0551. The van der Waals surface area contributed by atoms with Gasteiger partial charge in [-0.05, 0) is 20.0 Å². The largest absolute Gasteiger partial charge is 0.390 e. The van der Waals surface area contributed by atoms with Gasteiger partial charge in [0.1, 0.15) is 0 Å². The van der Waals surface area contributed by atoms with Crippen LogP contribution >= 0.6 is 11.8 Å². The lowest BCUT2D eigenvalue weighted by atomic mass is 10.4. The third-order valence-corrected chi connectivity index (χ3v) is 3.36. The van der Waals surface area contributed by atoms with E-state index in [9.17, 15) is 5.11 Å². The van der Waals surface area contributed by atoms with Gasteiger partial charge < -0.3 is 14.7 Å². The van der Waals surface area contributed by atoms with Gasteiger partial charge in [-0.2, -0.15) is 11.8 Å². The van der Waals surface area contributed by atoms with Gasteiger partial charge in [-0.3, -0.25) is 0 Å². The normalized spacial score (nSPS) is 13.4. The zero-order valence-electron chi connectivity index (χ0n) is 10.2. The molecule has 0 aliphatic carbocycles. The van der Waals surface area contributed by atoms with Gasteiger partial charge in [-0.25, -0.2) is 0 Å². The van der Waals surface area contributed by atoms with Crippen LogP contribution in [0.15, 0.2) is 0 Å². The zero-order valence-corrected chi connectivity index (χ0v) is 11.1. The Morgan fingerprint density at radius 2 is 1.93 bits per heavy atom. The lowest BCUT2D eigenvalue weighted by Gasteiger charge is -2.17. The highest BCUT2D eigenvalue weighted by Crippen LogP contribution is 2.04. The maximum absolute atomic E-state index is 9.50. The number of aliphatic hydroxyl groups is 1. The standard InChI is InChI=1S/C11H25NO2S/c1-4-12(5-2)7-8-15-10-11(13)9-14-6-3/h11,13H,4-10H2,1-3H3. The Hall–Kier alpha value is 0.230. The average Bonchev–Trinajstić information content (AvgIpc) is 2.26. The molecule has 0 aromatic carbocycles. The van der Waals surface area contributed by atoms with Crippen LogP contribution in [0.4, 0.5) is 0 Å². The predicted octanol–water partition coefficient (Wildman–Crippen LogP) is 1.46. The maximum atomic E-state index is 9.50. The summed E-state index contributed by atoms with van der Waals surface area (Å²) in [7, 11) is 0. The summed E-state index contributed by atoms with van der Waals surface area (Å²) in [5.41, 5.74) is 0. The number of hydrogen-bond acceptors (Lipinski definition) is 4. The van der Waals surface area contributed by atoms with E-state index in [1.165, 1.54) is 0 Å². The molecule has 15 heavy (non-hydrogen) atoms. The Morgan fingerprint density at radius 1 is 1.27 bits per heavy atom. The predicted molar refractivity (Wildman–Crippen MR) is 67.6 cm³/mol. The first-order valence-corrected chi connectivity index (χ1v) is 6.95. The molecular formula is C11H25NO2S. The number of ether oxygens (including phenoxy) is 1. The first kappa shape index (κ1) is 15.2. The first-order chi connectivity index (χ1) is 7.24. The molecule has 0 aliphatic heterocycles. The van der Waals surface area contributed by atoms with E-state index in [4.69, 9.17) is 4.74 Å². The average molecular weight is 235 g/mol. The fourth-order valence-electron chi connectivity index (χ4n) is 1.25. The van der Waals surface area contributed by atoms with E-state index >= 15 is 0 Å². The van der Waals surface area contributed by atoms with Crippen molar-refractivity contribution in [1.82, 2.24) is 4.90 Å². The molecule has 0 aliphatic rings. The summed E-state index contributed by atoms with van der Waals surface area (Å²) in [5.74, 6) is 1.87. The van der Waals surface area contributed by atoms with Gasteiger partial charge in [0.25, 0.3) is 0 Å². The Morgan fingerprint density at radius 3 is 2.47 bits per heavy atom. The second-order valence-corrected chi connectivity index (χ2v) is 4.56. The molecule has 0 amide bonds. The molecule has 1 atom stereocenters. The van der Waals surface area contributed by atoms with Crippen molar-refractivity contribution in [2.45, 2.75) is 26.9 Å². The molecule has 0 aromatic rings. The molecule has 0 rings (SSSR count). The van der Waals surface area contributed by atoms with E-state index in [0.29, 0.717) is 13.2 Å².